The van der Waals surface area contributed by atoms with E-state index in [0.29, 0.717) is 11.2 Å². The number of nitrogens with two attached hydrogens (primary N) is 2. The molecule has 4 unspecified atom stereocenters. The van der Waals surface area contributed by atoms with Crippen molar-refractivity contribution in [1.29, 1.82) is 0 Å². The van der Waals surface area contributed by atoms with Crippen LogP contribution in [0.1, 0.15) is 13.2 Å². The Morgan fingerprint density at radius 1 is 1.48 bits per heavy atom. The first-order chi connectivity index (χ1) is 9.86. The highest BCUT2D eigenvalue weighted by Gasteiger charge is 2.53. The van der Waals surface area contributed by atoms with Crippen molar-refractivity contribution in [2.45, 2.75) is 30.2 Å². The minimum absolute atomic E-state index is 0.00437. The second kappa shape index (κ2) is 4.67. The maximum atomic E-state index is 10.1. The Kier molecular flexibility index (Phi) is 3.17. The number of nitrogen functional groups attached to an aromatic ring is 2. The summed E-state index contributed by atoms with van der Waals surface area (Å²) in [5.74, 6) is 0.139. The predicted octanol–water partition coefficient (Wildman–Crippen LogP) is -0.761. The van der Waals surface area contributed by atoms with Gasteiger partial charge in [-0.1, -0.05) is 0 Å². The fourth-order valence-corrected chi connectivity index (χ4v) is 2.79. The van der Waals surface area contributed by atoms with E-state index in [9.17, 15) is 10.2 Å². The molecule has 4 atom stereocenters. The van der Waals surface area contributed by atoms with Gasteiger partial charge in [0.2, 0.25) is 5.95 Å². The van der Waals surface area contributed by atoms with Crippen molar-refractivity contribution in [1.82, 2.24) is 19.5 Å². The lowest BCUT2D eigenvalue weighted by atomic mass is 10.0. The number of rotatable bonds is 2. The second-order valence-electron chi connectivity index (χ2n) is 5.10. The van der Waals surface area contributed by atoms with E-state index >= 15 is 0 Å². The van der Waals surface area contributed by atoms with Crippen LogP contribution in [0.15, 0.2) is 6.33 Å². The zero-order valence-electron chi connectivity index (χ0n) is 11.1. The molecule has 3 rings (SSSR count). The Hall–Kier alpha value is -1.68. The number of imidazole rings is 1. The van der Waals surface area contributed by atoms with Gasteiger partial charge in [0, 0.05) is 0 Å². The molecule has 0 aliphatic carbocycles. The molecule has 2 aromatic heterocycles. The van der Waals surface area contributed by atoms with Gasteiger partial charge in [0.1, 0.15) is 22.6 Å². The van der Waals surface area contributed by atoms with Crippen molar-refractivity contribution in [3.05, 3.63) is 6.33 Å². The van der Waals surface area contributed by atoms with Gasteiger partial charge < -0.3 is 26.4 Å². The van der Waals surface area contributed by atoms with Gasteiger partial charge in [-0.15, -0.1) is 11.6 Å². The number of nitrogens with zero attached hydrogens (tertiary/aromatic N) is 4. The number of alkyl halides is 1. The number of fused-ring (bicyclic) bond motifs is 1. The van der Waals surface area contributed by atoms with Gasteiger partial charge >= 0.3 is 0 Å². The molecular formula is C11H15ClN6O3. The van der Waals surface area contributed by atoms with Gasteiger partial charge in [0.25, 0.3) is 0 Å². The lowest BCUT2D eigenvalue weighted by molar-refractivity contribution is -0.0441. The number of hydrogen-bond donors (Lipinski definition) is 4. The third-order valence-electron chi connectivity index (χ3n) is 3.62. The zero-order chi connectivity index (χ0) is 15.4. The number of aliphatic hydroxyl groups excluding tert-OH is 2. The molecule has 114 valence electrons. The number of aromatic nitrogens is 4. The fourth-order valence-electron chi connectivity index (χ4n) is 2.49. The van der Waals surface area contributed by atoms with Crippen LogP contribution in [0.5, 0.6) is 0 Å². The first-order valence-corrected chi connectivity index (χ1v) is 6.63. The average Bonchev–Trinajstić information content (AvgIpc) is 2.91. The smallest absolute Gasteiger partial charge is 0.224 e. The van der Waals surface area contributed by atoms with E-state index in [-0.39, 0.29) is 18.4 Å². The van der Waals surface area contributed by atoms with Crippen molar-refractivity contribution in [3.8, 4) is 0 Å². The summed E-state index contributed by atoms with van der Waals surface area (Å²) in [6.07, 6.45) is -1.20. The summed E-state index contributed by atoms with van der Waals surface area (Å²) in [5.41, 5.74) is 12.1. The predicted molar refractivity (Wildman–Crippen MR) is 75.4 cm³/mol. The van der Waals surface area contributed by atoms with Gasteiger partial charge in [0.15, 0.2) is 17.7 Å². The number of halogens is 1. The molecule has 21 heavy (non-hydrogen) atoms. The number of anilines is 2. The van der Waals surface area contributed by atoms with E-state index in [0.717, 1.165) is 0 Å². The summed E-state index contributed by atoms with van der Waals surface area (Å²) in [7, 11) is 0. The third kappa shape index (κ3) is 2.01. The van der Waals surface area contributed by atoms with Crippen molar-refractivity contribution in [2.75, 3.05) is 18.1 Å². The standard InChI is InChI=1S/C11H15ClN6O3/c1-11(12)6(20)4(2-19)21-9(11)18-3-15-5-7(13)16-10(14)17-8(5)18/h3-4,6,9,19-20H,2H2,1H3,(H4,13,14,16,17). The van der Waals surface area contributed by atoms with Crippen molar-refractivity contribution in [2.24, 2.45) is 0 Å². The highest BCUT2D eigenvalue weighted by atomic mass is 35.5. The quantitative estimate of drug-likeness (QED) is 0.529. The Bertz CT molecular complexity index is 690. The molecule has 9 nitrogen and oxygen atoms in total. The van der Waals surface area contributed by atoms with Crippen molar-refractivity contribution in [3.63, 3.8) is 0 Å². The van der Waals surface area contributed by atoms with Crippen molar-refractivity contribution >= 4 is 34.5 Å². The molecule has 1 fully saturated rings. The highest BCUT2D eigenvalue weighted by molar-refractivity contribution is 6.24. The van der Waals surface area contributed by atoms with Crippen LogP contribution in [0.4, 0.5) is 11.8 Å². The van der Waals surface area contributed by atoms with E-state index in [1.165, 1.54) is 10.9 Å². The first kappa shape index (κ1) is 14.3. The largest absolute Gasteiger partial charge is 0.394 e. The molecular weight excluding hydrogens is 300 g/mol. The molecule has 0 saturated carbocycles. The fraction of sp³-hybridized carbons (Fsp3) is 0.545. The van der Waals surface area contributed by atoms with Crippen LogP contribution in [0.3, 0.4) is 0 Å². The molecule has 3 heterocycles. The lowest BCUT2D eigenvalue weighted by Gasteiger charge is -2.26. The van der Waals surface area contributed by atoms with Crippen LogP contribution in [0, 0.1) is 0 Å². The summed E-state index contributed by atoms with van der Waals surface area (Å²) in [6, 6.07) is 0. The summed E-state index contributed by atoms with van der Waals surface area (Å²) < 4.78 is 7.14. The molecule has 0 radical (unpaired) electrons. The maximum absolute atomic E-state index is 10.1. The first-order valence-electron chi connectivity index (χ1n) is 6.25. The molecule has 1 aliphatic rings. The minimum atomic E-state index is -1.17. The molecule has 0 aromatic carbocycles. The topological polar surface area (TPSA) is 145 Å². The molecule has 1 aliphatic heterocycles. The summed E-state index contributed by atoms with van der Waals surface area (Å²) in [5, 5.41) is 19.4. The van der Waals surface area contributed by atoms with Gasteiger partial charge in [-0.3, -0.25) is 4.57 Å². The highest BCUT2D eigenvalue weighted by Crippen LogP contribution is 2.44. The van der Waals surface area contributed by atoms with Crippen LogP contribution in [0.2, 0.25) is 0 Å². The molecule has 1 saturated heterocycles. The molecule has 6 N–H and O–H groups in total. The maximum Gasteiger partial charge on any atom is 0.224 e. The summed E-state index contributed by atoms with van der Waals surface area (Å²) in [4.78, 5) is 10.9. The van der Waals surface area contributed by atoms with E-state index in [4.69, 9.17) is 27.8 Å². The molecule has 10 heteroatoms. The van der Waals surface area contributed by atoms with E-state index < -0.39 is 23.3 Å². The van der Waals surface area contributed by atoms with Crippen LogP contribution in [-0.4, -0.2) is 53.4 Å². The number of ether oxygens (including phenoxy) is 1. The van der Waals surface area contributed by atoms with E-state index in [2.05, 4.69) is 15.0 Å². The monoisotopic (exact) mass is 314 g/mol. The van der Waals surface area contributed by atoms with Gasteiger partial charge in [-0.25, -0.2) is 4.98 Å². The van der Waals surface area contributed by atoms with Crippen LogP contribution in [0.25, 0.3) is 11.2 Å². The van der Waals surface area contributed by atoms with Crippen LogP contribution in [-0.2, 0) is 4.74 Å². The Morgan fingerprint density at radius 3 is 2.81 bits per heavy atom. The number of hydrogen-bond acceptors (Lipinski definition) is 8. The van der Waals surface area contributed by atoms with E-state index in [1.807, 2.05) is 0 Å². The summed E-state index contributed by atoms with van der Waals surface area (Å²) in [6.45, 7) is 1.26. The second-order valence-corrected chi connectivity index (χ2v) is 5.91. The van der Waals surface area contributed by atoms with Crippen LogP contribution >= 0.6 is 11.6 Å². The molecule has 0 amide bonds. The van der Waals surface area contributed by atoms with Crippen molar-refractivity contribution < 1.29 is 14.9 Å². The Morgan fingerprint density at radius 2 is 2.19 bits per heavy atom. The Balaban J connectivity index is 2.13. The third-order valence-corrected chi connectivity index (χ3v) is 4.03. The SMILES string of the molecule is CC1(Cl)C(O)C(CO)OC1n1cnc2c(N)nc(N)nc21. The molecule has 0 bridgehead atoms. The normalized spacial score (nSPS) is 32.9. The van der Waals surface area contributed by atoms with E-state index in [1.54, 1.807) is 6.92 Å². The summed E-state index contributed by atoms with van der Waals surface area (Å²) >= 11 is 6.39. The van der Waals surface area contributed by atoms with Gasteiger partial charge in [-0.2, -0.15) is 9.97 Å². The average molecular weight is 315 g/mol. The van der Waals surface area contributed by atoms with Gasteiger partial charge in [-0.05, 0) is 6.92 Å². The number of aliphatic hydroxyl groups is 2. The minimum Gasteiger partial charge on any atom is -0.394 e. The molecule has 2 aromatic rings. The zero-order valence-corrected chi connectivity index (χ0v) is 11.9. The van der Waals surface area contributed by atoms with Crippen LogP contribution < -0.4 is 11.5 Å². The Labute approximate surface area is 124 Å². The molecule has 0 spiro atoms. The van der Waals surface area contributed by atoms with Gasteiger partial charge in [0.05, 0.1) is 12.9 Å². The lowest BCUT2D eigenvalue weighted by Crippen LogP contribution is -2.39.